The number of likely N-dealkylation sites (tertiary alicyclic amines) is 1. The minimum absolute atomic E-state index is 0.123. The molecule has 0 bridgehead atoms. The van der Waals surface area contributed by atoms with Crippen molar-refractivity contribution in [2.24, 2.45) is 11.1 Å². The second kappa shape index (κ2) is 9.68. The Kier molecular flexibility index (Phi) is 7.37. The molecule has 2 aromatic rings. The molecule has 32 heavy (non-hydrogen) atoms. The number of aryl methyl sites for hydroxylation is 1. The topological polar surface area (TPSA) is 109 Å². The third-order valence-electron chi connectivity index (χ3n) is 6.07. The first-order valence-electron chi connectivity index (χ1n) is 11.1. The number of amides is 2. The number of hydrogen-bond donors (Lipinski definition) is 3. The van der Waals surface area contributed by atoms with Crippen LogP contribution in [0.1, 0.15) is 58.3 Å². The van der Waals surface area contributed by atoms with E-state index < -0.39 is 23.6 Å². The van der Waals surface area contributed by atoms with Crippen LogP contribution in [0.25, 0.3) is 10.4 Å². The zero-order valence-electron chi connectivity index (χ0n) is 19.5. The second-order valence-corrected chi connectivity index (χ2v) is 10.4. The van der Waals surface area contributed by atoms with Gasteiger partial charge in [-0.25, -0.2) is 4.98 Å². The lowest BCUT2D eigenvalue weighted by Gasteiger charge is -2.32. The number of benzene rings is 1. The monoisotopic (exact) mass is 458 g/mol. The summed E-state index contributed by atoms with van der Waals surface area (Å²) in [5.74, 6) is -0.578. The summed E-state index contributed by atoms with van der Waals surface area (Å²) in [7, 11) is 0. The lowest BCUT2D eigenvalue weighted by molar-refractivity contribution is -0.141. The van der Waals surface area contributed by atoms with E-state index in [1.54, 1.807) is 11.3 Å². The Morgan fingerprint density at radius 1 is 1.31 bits per heavy atom. The van der Waals surface area contributed by atoms with Crippen molar-refractivity contribution in [2.45, 2.75) is 71.7 Å². The van der Waals surface area contributed by atoms with Crippen LogP contribution in [0, 0.1) is 5.41 Å². The zero-order chi connectivity index (χ0) is 23.6. The van der Waals surface area contributed by atoms with Gasteiger partial charge in [0.2, 0.25) is 11.8 Å². The summed E-state index contributed by atoms with van der Waals surface area (Å²) in [6, 6.07) is 6.38. The molecule has 4 atom stereocenters. The highest BCUT2D eigenvalue weighted by Gasteiger charge is 2.42. The lowest BCUT2D eigenvalue weighted by atomic mass is 9.86. The Bertz CT molecular complexity index is 951. The fourth-order valence-corrected chi connectivity index (χ4v) is 4.82. The minimum atomic E-state index is -0.743. The average molecular weight is 459 g/mol. The van der Waals surface area contributed by atoms with Crippen LogP contribution in [0.2, 0.25) is 0 Å². The van der Waals surface area contributed by atoms with E-state index in [4.69, 9.17) is 5.73 Å². The van der Waals surface area contributed by atoms with E-state index in [1.165, 1.54) is 9.78 Å². The molecule has 1 aliphatic heterocycles. The molecule has 3 rings (SSSR count). The van der Waals surface area contributed by atoms with Crippen LogP contribution in [0.4, 0.5) is 0 Å². The number of aliphatic hydroxyl groups excluding tert-OH is 1. The maximum atomic E-state index is 13.0. The highest BCUT2D eigenvalue weighted by atomic mass is 32.1. The quantitative estimate of drug-likeness (QED) is 0.617. The predicted octanol–water partition coefficient (Wildman–Crippen LogP) is 2.88. The molecule has 0 spiro atoms. The smallest absolute Gasteiger partial charge is 0.243 e. The molecule has 0 saturated carbocycles. The van der Waals surface area contributed by atoms with Crippen molar-refractivity contribution in [3.63, 3.8) is 0 Å². The average Bonchev–Trinajstić information content (AvgIpc) is 3.38. The molecule has 2 unspecified atom stereocenters. The number of carbonyl (C=O) groups excluding carboxylic acids is 2. The van der Waals surface area contributed by atoms with Crippen LogP contribution >= 0.6 is 11.3 Å². The summed E-state index contributed by atoms with van der Waals surface area (Å²) in [4.78, 5) is 33.0. The van der Waals surface area contributed by atoms with Crippen LogP contribution in [0.5, 0.6) is 0 Å². The molecule has 7 nitrogen and oxygen atoms in total. The van der Waals surface area contributed by atoms with E-state index in [9.17, 15) is 14.7 Å². The second-order valence-electron chi connectivity index (χ2n) is 9.57. The molecule has 1 aliphatic rings. The van der Waals surface area contributed by atoms with Crippen LogP contribution in [-0.2, 0) is 16.0 Å². The van der Waals surface area contributed by atoms with Crippen molar-refractivity contribution in [1.82, 2.24) is 15.2 Å². The van der Waals surface area contributed by atoms with Gasteiger partial charge in [-0.1, -0.05) is 52.0 Å². The van der Waals surface area contributed by atoms with Gasteiger partial charge in [-0.15, -0.1) is 11.3 Å². The Morgan fingerprint density at radius 2 is 1.97 bits per heavy atom. The minimum Gasteiger partial charge on any atom is -0.391 e. The normalized spacial score (nSPS) is 20.8. The maximum absolute atomic E-state index is 13.0. The van der Waals surface area contributed by atoms with E-state index in [1.807, 2.05) is 57.5 Å². The van der Waals surface area contributed by atoms with Gasteiger partial charge in [0.25, 0.3) is 0 Å². The van der Waals surface area contributed by atoms with Gasteiger partial charge in [0, 0.05) is 13.0 Å². The summed E-state index contributed by atoms with van der Waals surface area (Å²) in [5, 5.41) is 13.2. The van der Waals surface area contributed by atoms with Gasteiger partial charge in [-0.2, -0.15) is 0 Å². The van der Waals surface area contributed by atoms with E-state index >= 15 is 0 Å². The summed E-state index contributed by atoms with van der Waals surface area (Å²) in [6.07, 6.45) is 0.364. The number of nitrogens with two attached hydrogens (primary N) is 1. The molecule has 0 aliphatic carbocycles. The Morgan fingerprint density at radius 3 is 2.56 bits per heavy atom. The van der Waals surface area contributed by atoms with Crippen molar-refractivity contribution >= 4 is 23.2 Å². The summed E-state index contributed by atoms with van der Waals surface area (Å²) in [5.41, 5.74) is 10.7. The number of carbonyl (C=O) groups is 2. The van der Waals surface area contributed by atoms with E-state index in [0.29, 0.717) is 0 Å². The van der Waals surface area contributed by atoms with Crippen LogP contribution < -0.4 is 11.1 Å². The number of rotatable bonds is 6. The van der Waals surface area contributed by atoms with Gasteiger partial charge in [0.15, 0.2) is 0 Å². The third kappa shape index (κ3) is 5.19. The molecule has 1 aromatic carbocycles. The summed E-state index contributed by atoms with van der Waals surface area (Å²) < 4.78 is 0. The van der Waals surface area contributed by atoms with Crippen molar-refractivity contribution in [3.8, 4) is 10.4 Å². The van der Waals surface area contributed by atoms with E-state index in [-0.39, 0.29) is 30.8 Å². The first kappa shape index (κ1) is 24.4. The molecule has 0 radical (unpaired) electrons. The van der Waals surface area contributed by atoms with Crippen LogP contribution in [-0.4, -0.2) is 51.5 Å². The number of nitrogens with zero attached hydrogens (tertiary/aromatic N) is 2. The summed E-state index contributed by atoms with van der Waals surface area (Å²) in [6.45, 7) is 9.79. The number of hydrogen-bond acceptors (Lipinski definition) is 6. The molecule has 1 saturated heterocycles. The first-order chi connectivity index (χ1) is 15.0. The third-order valence-corrected chi connectivity index (χ3v) is 6.99. The Hall–Kier alpha value is -2.29. The van der Waals surface area contributed by atoms with Gasteiger partial charge in [-0.3, -0.25) is 9.59 Å². The van der Waals surface area contributed by atoms with Gasteiger partial charge >= 0.3 is 0 Å². The Labute approximate surface area is 194 Å². The Balaban J connectivity index is 1.69. The van der Waals surface area contributed by atoms with Crippen molar-refractivity contribution < 1.29 is 14.7 Å². The first-order valence-corrected chi connectivity index (χ1v) is 12.0. The van der Waals surface area contributed by atoms with Crippen molar-refractivity contribution in [3.05, 3.63) is 41.0 Å². The SMILES string of the molecule is CCc1ncsc1-c1ccc(C(C)NC(=O)[C@@H]2C[C@@H](O)CN2C(=O)C(N)C(C)(C)C)cc1. The lowest BCUT2D eigenvalue weighted by Crippen LogP contribution is -2.55. The van der Waals surface area contributed by atoms with Crippen LogP contribution in [0.15, 0.2) is 29.8 Å². The van der Waals surface area contributed by atoms with Crippen molar-refractivity contribution in [2.75, 3.05) is 6.54 Å². The zero-order valence-corrected chi connectivity index (χ0v) is 20.3. The van der Waals surface area contributed by atoms with Gasteiger partial charge in [0.05, 0.1) is 34.3 Å². The summed E-state index contributed by atoms with van der Waals surface area (Å²) >= 11 is 1.62. The largest absolute Gasteiger partial charge is 0.391 e. The standard InChI is InChI=1S/C24H34N4O3S/c1-6-18-20(32-13-26-18)16-9-7-15(8-10-16)14(2)27-22(30)19-11-17(29)12-28(19)23(31)21(25)24(3,4)5/h7-10,13-14,17,19,21,29H,6,11-12,25H2,1-5H3,(H,27,30)/t14?,17-,19+,21?/m1/s1. The molecule has 1 aromatic heterocycles. The number of β-amino-alcohol motifs (C(OH)–C–C–N with tert-alkyl or cyclic N) is 1. The fourth-order valence-electron chi connectivity index (χ4n) is 3.93. The van der Waals surface area contributed by atoms with Crippen LogP contribution in [0.3, 0.4) is 0 Å². The highest BCUT2D eigenvalue weighted by molar-refractivity contribution is 7.13. The molecule has 2 amide bonds. The number of nitrogens with one attached hydrogen (secondary N) is 1. The van der Waals surface area contributed by atoms with E-state index in [0.717, 1.165) is 23.2 Å². The molecule has 4 N–H and O–H groups in total. The van der Waals surface area contributed by atoms with E-state index in [2.05, 4.69) is 17.2 Å². The molecule has 8 heteroatoms. The molecule has 2 heterocycles. The predicted molar refractivity (Wildman–Crippen MR) is 127 cm³/mol. The van der Waals surface area contributed by atoms with Gasteiger partial charge in [0.1, 0.15) is 6.04 Å². The van der Waals surface area contributed by atoms with Gasteiger partial charge in [-0.05, 0) is 29.9 Å². The fraction of sp³-hybridized carbons (Fsp3) is 0.542. The van der Waals surface area contributed by atoms with Crippen molar-refractivity contribution in [1.29, 1.82) is 0 Å². The molecule has 1 fully saturated rings. The number of aliphatic hydroxyl groups is 1. The molecule has 174 valence electrons. The maximum Gasteiger partial charge on any atom is 0.243 e. The van der Waals surface area contributed by atoms with Gasteiger partial charge < -0.3 is 21.1 Å². The number of aromatic nitrogens is 1. The molecular formula is C24H34N4O3S. The highest BCUT2D eigenvalue weighted by Crippen LogP contribution is 2.29. The number of thiazole rings is 1. The molecular weight excluding hydrogens is 424 g/mol.